The first-order valence-corrected chi connectivity index (χ1v) is 13.9. The van der Waals surface area contributed by atoms with E-state index in [1.807, 2.05) is 0 Å². The van der Waals surface area contributed by atoms with Crippen LogP contribution in [0, 0.1) is 10.8 Å². The maximum absolute atomic E-state index is 13.2. The van der Waals surface area contributed by atoms with Crippen molar-refractivity contribution in [1.29, 1.82) is 0 Å². The summed E-state index contributed by atoms with van der Waals surface area (Å²) in [5.41, 5.74) is -1.95. The topological polar surface area (TPSA) is 158 Å². The number of amides is 2. The van der Waals surface area contributed by atoms with Crippen LogP contribution in [0.2, 0.25) is 0 Å². The van der Waals surface area contributed by atoms with Crippen LogP contribution in [0.15, 0.2) is 18.2 Å². The number of ketones is 2. The van der Waals surface area contributed by atoms with Gasteiger partial charge in [0.05, 0.1) is 22.4 Å². The van der Waals surface area contributed by atoms with E-state index < -0.39 is 81.6 Å². The molecule has 0 spiro atoms. The summed E-state index contributed by atoms with van der Waals surface area (Å²) < 4.78 is 33.7. The maximum Gasteiger partial charge on any atom is 0.338 e. The molecule has 0 radical (unpaired) electrons. The van der Waals surface area contributed by atoms with E-state index in [4.69, 9.17) is 9.47 Å². The summed E-state index contributed by atoms with van der Waals surface area (Å²) in [5, 5.41) is 0. The lowest BCUT2D eigenvalue weighted by molar-refractivity contribution is -0.153. The zero-order chi connectivity index (χ0) is 29.2. The second-order valence-electron chi connectivity index (χ2n) is 11.2. The Kier molecular flexibility index (Phi) is 9.03. The summed E-state index contributed by atoms with van der Waals surface area (Å²) in [5.74, 6) is -5.09. The van der Waals surface area contributed by atoms with Crippen molar-refractivity contribution in [2.24, 2.45) is 10.8 Å². The Labute approximate surface area is 221 Å². The molecule has 0 saturated carbocycles. The van der Waals surface area contributed by atoms with Gasteiger partial charge in [0.15, 0.2) is 24.8 Å². The number of rotatable bonds is 10. The summed E-state index contributed by atoms with van der Waals surface area (Å²) in [6.45, 7) is 8.77. The summed E-state index contributed by atoms with van der Waals surface area (Å²) in [6.07, 6.45) is 0.486. The van der Waals surface area contributed by atoms with Gasteiger partial charge in [-0.1, -0.05) is 41.5 Å². The first-order chi connectivity index (χ1) is 17.2. The largest absolute Gasteiger partial charge is 0.456 e. The Morgan fingerprint density at radius 2 is 1.34 bits per heavy atom. The number of sulfone groups is 1. The van der Waals surface area contributed by atoms with Crippen LogP contribution in [0.25, 0.3) is 0 Å². The van der Waals surface area contributed by atoms with Gasteiger partial charge < -0.3 is 9.47 Å². The average molecular weight is 552 g/mol. The fourth-order valence-electron chi connectivity index (χ4n) is 3.23. The summed E-state index contributed by atoms with van der Waals surface area (Å²) in [6, 6.07) is 1.94. The third-order valence-electron chi connectivity index (χ3n) is 5.85. The van der Waals surface area contributed by atoms with Gasteiger partial charge in [-0.25, -0.2) is 18.0 Å². The number of esters is 2. The quantitative estimate of drug-likeness (QED) is 0.311. The van der Waals surface area contributed by atoms with E-state index >= 15 is 0 Å². The van der Waals surface area contributed by atoms with Gasteiger partial charge >= 0.3 is 11.9 Å². The molecule has 208 valence electrons. The van der Waals surface area contributed by atoms with Crippen LogP contribution >= 0.6 is 0 Å². The Balaban J connectivity index is 2.31. The van der Waals surface area contributed by atoms with E-state index in [1.165, 1.54) is 12.1 Å². The Bertz CT molecular complexity index is 1280. The van der Waals surface area contributed by atoms with Crippen molar-refractivity contribution in [2.75, 3.05) is 25.2 Å². The normalized spacial score (nSPS) is 14.7. The van der Waals surface area contributed by atoms with Crippen LogP contribution in [0.1, 0.15) is 79.0 Å². The number of hydrogen-bond donors (Lipinski definition) is 0. The molecule has 0 fully saturated rings. The van der Waals surface area contributed by atoms with Gasteiger partial charge in [-0.05, 0) is 24.6 Å². The van der Waals surface area contributed by atoms with Crippen molar-refractivity contribution in [2.45, 2.75) is 54.0 Å². The average Bonchev–Trinajstić information content (AvgIpc) is 3.03. The zero-order valence-corrected chi connectivity index (χ0v) is 23.4. The fraction of sp³-hybridized carbons (Fsp3) is 0.538. The zero-order valence-electron chi connectivity index (χ0n) is 22.6. The molecular weight excluding hydrogens is 518 g/mol. The number of Topliss-reactive ketones (excluding diaryl/α,β-unsaturated/α-hetero) is 2. The van der Waals surface area contributed by atoms with Gasteiger partial charge in [-0.2, -0.15) is 0 Å². The molecule has 1 aliphatic rings. The van der Waals surface area contributed by atoms with Gasteiger partial charge in [-0.15, -0.1) is 0 Å². The van der Waals surface area contributed by atoms with Crippen molar-refractivity contribution in [3.63, 3.8) is 0 Å². The standard InChI is InChI=1S/C26H33NO10S/c1-25(2,3)19(28)13-36-23(32)15-8-9-16-17(12-15)22(31)27(21(16)30)18(10-11-38(7,34)35)24(33)37-14-20(29)26(4,5)6/h8-9,12,18H,10-11,13-14H2,1-7H3/t18-/m1/s1. The summed E-state index contributed by atoms with van der Waals surface area (Å²) >= 11 is 0. The number of fused-ring (bicyclic) bond motifs is 1. The fourth-order valence-corrected chi connectivity index (χ4v) is 3.88. The van der Waals surface area contributed by atoms with Gasteiger partial charge in [0.2, 0.25) is 0 Å². The molecule has 2 amide bonds. The Morgan fingerprint density at radius 3 is 1.84 bits per heavy atom. The van der Waals surface area contributed by atoms with Crippen molar-refractivity contribution < 1.29 is 46.7 Å². The first-order valence-electron chi connectivity index (χ1n) is 11.8. The van der Waals surface area contributed by atoms with Crippen LogP contribution in [0.3, 0.4) is 0 Å². The molecule has 1 heterocycles. The first kappa shape index (κ1) is 30.8. The van der Waals surface area contributed by atoms with Crippen molar-refractivity contribution in [3.05, 3.63) is 34.9 Å². The van der Waals surface area contributed by atoms with Crippen LogP contribution in [0.5, 0.6) is 0 Å². The van der Waals surface area contributed by atoms with Crippen LogP contribution < -0.4 is 0 Å². The molecule has 12 heteroatoms. The number of benzene rings is 1. The molecule has 1 aromatic carbocycles. The van der Waals surface area contributed by atoms with Gasteiger partial charge in [0.25, 0.3) is 11.8 Å². The Morgan fingerprint density at radius 1 is 0.842 bits per heavy atom. The molecule has 1 aromatic rings. The molecule has 1 aliphatic heterocycles. The van der Waals surface area contributed by atoms with Gasteiger partial charge in [0.1, 0.15) is 15.9 Å². The van der Waals surface area contributed by atoms with Gasteiger partial charge in [0, 0.05) is 17.1 Å². The van der Waals surface area contributed by atoms with Crippen LogP contribution in [-0.4, -0.2) is 79.9 Å². The molecule has 0 aliphatic carbocycles. The SMILES string of the molecule is CC(C)(C)C(=O)COC(=O)c1ccc2c(c1)C(=O)N([C@H](CCS(C)(=O)=O)C(=O)OCC(=O)C(C)(C)C)C2=O. The van der Waals surface area contributed by atoms with E-state index in [0.29, 0.717) is 4.90 Å². The van der Waals surface area contributed by atoms with Crippen molar-refractivity contribution in [3.8, 4) is 0 Å². The van der Waals surface area contributed by atoms with Crippen molar-refractivity contribution in [1.82, 2.24) is 4.90 Å². The highest BCUT2D eigenvalue weighted by Gasteiger charge is 2.44. The monoisotopic (exact) mass is 551 g/mol. The minimum absolute atomic E-state index is 0.0977. The number of hydrogen-bond acceptors (Lipinski definition) is 10. The predicted molar refractivity (Wildman–Crippen MR) is 135 cm³/mol. The minimum Gasteiger partial charge on any atom is -0.456 e. The van der Waals surface area contributed by atoms with E-state index in [0.717, 1.165) is 12.3 Å². The minimum atomic E-state index is -3.59. The molecule has 1 atom stereocenters. The maximum atomic E-state index is 13.2. The lowest BCUT2D eigenvalue weighted by Gasteiger charge is -2.25. The highest BCUT2D eigenvalue weighted by atomic mass is 32.2. The molecule has 0 bridgehead atoms. The number of nitrogens with zero attached hydrogens (tertiary/aromatic N) is 1. The van der Waals surface area contributed by atoms with E-state index in [2.05, 4.69) is 0 Å². The van der Waals surface area contributed by atoms with Crippen molar-refractivity contribution >= 4 is 45.2 Å². The molecule has 0 unspecified atom stereocenters. The molecule has 11 nitrogen and oxygen atoms in total. The third kappa shape index (κ3) is 7.56. The number of carbonyl (C=O) groups is 6. The molecule has 0 saturated heterocycles. The van der Waals surface area contributed by atoms with E-state index in [9.17, 15) is 37.2 Å². The van der Waals surface area contributed by atoms with Crippen LogP contribution in [-0.2, 0) is 33.7 Å². The summed E-state index contributed by atoms with van der Waals surface area (Å²) in [4.78, 5) is 76.5. The molecular formula is C26H33NO10S. The second-order valence-corrected chi connectivity index (χ2v) is 13.5. The lowest BCUT2D eigenvalue weighted by Crippen LogP contribution is -2.47. The van der Waals surface area contributed by atoms with Gasteiger partial charge in [-0.3, -0.25) is 24.1 Å². The molecule has 0 N–H and O–H groups in total. The lowest BCUT2D eigenvalue weighted by atomic mass is 9.91. The highest BCUT2D eigenvalue weighted by Crippen LogP contribution is 2.28. The summed E-state index contributed by atoms with van der Waals surface area (Å²) in [7, 11) is -3.59. The smallest absolute Gasteiger partial charge is 0.338 e. The number of carbonyl (C=O) groups excluding carboxylic acids is 6. The third-order valence-corrected chi connectivity index (χ3v) is 6.83. The molecule has 0 aromatic heterocycles. The Hall–Kier alpha value is -3.41. The van der Waals surface area contributed by atoms with E-state index in [-0.39, 0.29) is 22.5 Å². The highest BCUT2D eigenvalue weighted by molar-refractivity contribution is 7.90. The number of imide groups is 1. The van der Waals surface area contributed by atoms with Crippen LogP contribution in [0.4, 0.5) is 0 Å². The molecule has 38 heavy (non-hydrogen) atoms. The number of ether oxygens (including phenoxy) is 2. The predicted octanol–water partition coefficient (Wildman–Crippen LogP) is 2.02. The second kappa shape index (κ2) is 11.1. The molecule has 2 rings (SSSR count). The van der Waals surface area contributed by atoms with E-state index in [1.54, 1.807) is 41.5 Å².